The summed E-state index contributed by atoms with van der Waals surface area (Å²) in [6.45, 7) is 3.93. The normalized spacial score (nSPS) is 17.4. The highest BCUT2D eigenvalue weighted by Crippen LogP contribution is 2.25. The average Bonchev–Trinajstić information content (AvgIpc) is 2.87. The van der Waals surface area contributed by atoms with Crippen molar-refractivity contribution in [3.63, 3.8) is 0 Å². The molecule has 22 heavy (non-hydrogen) atoms. The molecule has 118 valence electrons. The zero-order valence-corrected chi connectivity index (χ0v) is 14.0. The first-order valence-electron chi connectivity index (χ1n) is 8.06. The number of hydrogen-bond donors (Lipinski definition) is 2. The molecule has 0 aliphatic heterocycles. The fourth-order valence-corrected chi connectivity index (χ4v) is 3.88. The summed E-state index contributed by atoms with van der Waals surface area (Å²) in [6.07, 6.45) is 5.99. The number of hydrogen-bond acceptors (Lipinski definition) is 4. The highest BCUT2D eigenvalue weighted by Gasteiger charge is 2.19. The number of fused-ring (bicyclic) bond motifs is 1. The van der Waals surface area contributed by atoms with E-state index in [0.717, 1.165) is 33.8 Å². The monoisotopic (exact) mass is 317 g/mol. The topological polar surface area (TPSA) is 54.0 Å². The Kier molecular flexibility index (Phi) is 4.62. The molecular formula is C17H23N3OS. The predicted octanol–water partition coefficient (Wildman–Crippen LogP) is 3.85. The molecule has 5 heteroatoms. The minimum atomic E-state index is -0.228. The Bertz CT molecular complexity index is 661. The predicted molar refractivity (Wildman–Crippen MR) is 92.5 cm³/mol. The molecule has 0 bridgehead atoms. The van der Waals surface area contributed by atoms with Crippen LogP contribution < -0.4 is 10.6 Å². The molecule has 1 atom stereocenters. The van der Waals surface area contributed by atoms with Crippen LogP contribution in [0.15, 0.2) is 18.2 Å². The molecule has 0 radical (unpaired) electrons. The number of benzene rings is 1. The molecule has 0 unspecified atom stereocenters. The maximum absolute atomic E-state index is 12.3. The van der Waals surface area contributed by atoms with Gasteiger partial charge in [0.15, 0.2) is 0 Å². The molecular weight excluding hydrogens is 294 g/mol. The van der Waals surface area contributed by atoms with E-state index < -0.39 is 0 Å². The van der Waals surface area contributed by atoms with Crippen molar-refractivity contribution in [3.05, 3.63) is 23.2 Å². The standard InChI is InChI=1S/C17H23N3OS/c1-11(17(21)20-13-6-4-3-5-7-13)18-14-8-9-15-16(10-14)22-12(2)19-15/h8-11,13,18H,3-7H2,1-2H3,(H,20,21)/t11-/m0/s1. The second-order valence-corrected chi connectivity index (χ2v) is 7.36. The summed E-state index contributed by atoms with van der Waals surface area (Å²) in [5, 5.41) is 7.53. The largest absolute Gasteiger partial charge is 0.374 e. The van der Waals surface area contributed by atoms with E-state index in [1.54, 1.807) is 11.3 Å². The second kappa shape index (κ2) is 6.65. The van der Waals surface area contributed by atoms with Gasteiger partial charge in [-0.25, -0.2) is 4.98 Å². The van der Waals surface area contributed by atoms with Crippen molar-refractivity contribution < 1.29 is 4.79 Å². The van der Waals surface area contributed by atoms with Crippen LogP contribution in [0.3, 0.4) is 0 Å². The van der Waals surface area contributed by atoms with E-state index in [-0.39, 0.29) is 11.9 Å². The van der Waals surface area contributed by atoms with Gasteiger partial charge in [0.25, 0.3) is 0 Å². The molecule has 3 rings (SSSR count). The van der Waals surface area contributed by atoms with E-state index >= 15 is 0 Å². The highest BCUT2D eigenvalue weighted by molar-refractivity contribution is 7.18. The summed E-state index contributed by atoms with van der Waals surface area (Å²) in [4.78, 5) is 16.8. The Morgan fingerprint density at radius 3 is 2.86 bits per heavy atom. The number of thiazole rings is 1. The maximum Gasteiger partial charge on any atom is 0.242 e. The van der Waals surface area contributed by atoms with Crippen molar-refractivity contribution in [1.82, 2.24) is 10.3 Å². The minimum Gasteiger partial charge on any atom is -0.374 e. The number of rotatable bonds is 4. The van der Waals surface area contributed by atoms with E-state index in [1.165, 1.54) is 19.3 Å². The van der Waals surface area contributed by atoms with Crippen LogP contribution in [0.1, 0.15) is 44.0 Å². The number of aryl methyl sites for hydroxylation is 1. The van der Waals surface area contributed by atoms with Crippen LogP contribution in [-0.4, -0.2) is 23.0 Å². The average molecular weight is 317 g/mol. The van der Waals surface area contributed by atoms with Gasteiger partial charge in [-0.05, 0) is 44.9 Å². The first-order chi connectivity index (χ1) is 10.6. The lowest BCUT2D eigenvalue weighted by Crippen LogP contribution is -2.43. The van der Waals surface area contributed by atoms with Gasteiger partial charge in [0.1, 0.15) is 6.04 Å². The lowest BCUT2D eigenvalue weighted by Gasteiger charge is -2.25. The SMILES string of the molecule is Cc1nc2ccc(N[C@@H](C)C(=O)NC3CCCCC3)cc2s1. The zero-order chi connectivity index (χ0) is 15.5. The molecule has 2 aromatic rings. The number of amides is 1. The summed E-state index contributed by atoms with van der Waals surface area (Å²) in [5.74, 6) is 0.0903. The summed E-state index contributed by atoms with van der Waals surface area (Å²) >= 11 is 1.68. The molecule has 1 aromatic carbocycles. The smallest absolute Gasteiger partial charge is 0.242 e. The molecule has 1 aliphatic carbocycles. The van der Waals surface area contributed by atoms with E-state index in [4.69, 9.17) is 0 Å². The highest BCUT2D eigenvalue weighted by atomic mass is 32.1. The fraction of sp³-hybridized carbons (Fsp3) is 0.529. The van der Waals surface area contributed by atoms with Crippen LogP contribution in [-0.2, 0) is 4.79 Å². The third kappa shape index (κ3) is 3.58. The molecule has 2 N–H and O–H groups in total. The van der Waals surface area contributed by atoms with Gasteiger partial charge in [-0.3, -0.25) is 4.79 Å². The lowest BCUT2D eigenvalue weighted by molar-refractivity contribution is -0.122. The first kappa shape index (κ1) is 15.3. The Labute approximate surface area is 135 Å². The summed E-state index contributed by atoms with van der Waals surface area (Å²) < 4.78 is 1.15. The fourth-order valence-electron chi connectivity index (χ4n) is 3.02. The molecule has 1 aliphatic rings. The van der Waals surface area contributed by atoms with Crippen LogP contribution in [0.2, 0.25) is 0 Å². The first-order valence-corrected chi connectivity index (χ1v) is 8.87. The maximum atomic E-state index is 12.3. The van der Waals surface area contributed by atoms with Crippen molar-refractivity contribution in [2.75, 3.05) is 5.32 Å². The van der Waals surface area contributed by atoms with Crippen LogP contribution >= 0.6 is 11.3 Å². The van der Waals surface area contributed by atoms with Crippen molar-refractivity contribution in [2.45, 2.75) is 58.0 Å². The molecule has 1 aromatic heterocycles. The Hall–Kier alpha value is -1.62. The van der Waals surface area contributed by atoms with Gasteiger partial charge in [-0.15, -0.1) is 11.3 Å². The number of anilines is 1. The number of carbonyl (C=O) groups excluding carboxylic acids is 1. The molecule has 0 spiro atoms. The van der Waals surface area contributed by atoms with E-state index in [2.05, 4.69) is 21.7 Å². The van der Waals surface area contributed by atoms with E-state index in [1.807, 2.05) is 26.0 Å². The minimum absolute atomic E-state index is 0.0903. The summed E-state index contributed by atoms with van der Waals surface area (Å²) in [7, 11) is 0. The van der Waals surface area contributed by atoms with Crippen molar-refractivity contribution in [1.29, 1.82) is 0 Å². The van der Waals surface area contributed by atoms with Gasteiger partial charge in [-0.2, -0.15) is 0 Å². The third-order valence-electron chi connectivity index (χ3n) is 4.22. The second-order valence-electron chi connectivity index (χ2n) is 6.12. The van der Waals surface area contributed by atoms with Gasteiger partial charge in [0.2, 0.25) is 5.91 Å². The molecule has 4 nitrogen and oxygen atoms in total. The van der Waals surface area contributed by atoms with Crippen LogP contribution in [0.5, 0.6) is 0 Å². The molecule has 0 saturated heterocycles. The van der Waals surface area contributed by atoms with Gasteiger partial charge in [-0.1, -0.05) is 19.3 Å². The van der Waals surface area contributed by atoms with Crippen LogP contribution in [0.25, 0.3) is 10.2 Å². The van der Waals surface area contributed by atoms with Crippen LogP contribution in [0.4, 0.5) is 5.69 Å². The van der Waals surface area contributed by atoms with Crippen LogP contribution in [0, 0.1) is 6.92 Å². The zero-order valence-electron chi connectivity index (χ0n) is 13.2. The molecule has 1 fully saturated rings. The quantitative estimate of drug-likeness (QED) is 0.900. The van der Waals surface area contributed by atoms with Crippen molar-refractivity contribution in [3.8, 4) is 0 Å². The Morgan fingerprint density at radius 1 is 1.32 bits per heavy atom. The Balaban J connectivity index is 1.61. The third-order valence-corrected chi connectivity index (χ3v) is 5.16. The molecule has 1 heterocycles. The van der Waals surface area contributed by atoms with Gasteiger partial charge < -0.3 is 10.6 Å². The summed E-state index contributed by atoms with van der Waals surface area (Å²) in [6, 6.07) is 6.20. The number of nitrogens with one attached hydrogen (secondary N) is 2. The van der Waals surface area contributed by atoms with Crippen molar-refractivity contribution >= 4 is 33.1 Å². The van der Waals surface area contributed by atoms with Gasteiger partial charge in [0.05, 0.1) is 15.2 Å². The Morgan fingerprint density at radius 2 is 2.09 bits per heavy atom. The van der Waals surface area contributed by atoms with E-state index in [9.17, 15) is 4.79 Å². The number of carbonyl (C=O) groups is 1. The number of nitrogens with zero attached hydrogens (tertiary/aromatic N) is 1. The summed E-state index contributed by atoms with van der Waals surface area (Å²) in [5.41, 5.74) is 2.00. The van der Waals surface area contributed by atoms with E-state index in [0.29, 0.717) is 6.04 Å². The van der Waals surface area contributed by atoms with Gasteiger partial charge >= 0.3 is 0 Å². The molecule has 1 saturated carbocycles. The lowest BCUT2D eigenvalue weighted by atomic mass is 9.95. The molecule has 1 amide bonds. The number of aromatic nitrogens is 1. The van der Waals surface area contributed by atoms with Gasteiger partial charge in [0, 0.05) is 11.7 Å². The van der Waals surface area contributed by atoms with Crippen molar-refractivity contribution in [2.24, 2.45) is 0 Å².